The summed E-state index contributed by atoms with van der Waals surface area (Å²) in [6.07, 6.45) is 3.15. The van der Waals surface area contributed by atoms with Gasteiger partial charge in [0.1, 0.15) is 5.82 Å². The van der Waals surface area contributed by atoms with E-state index >= 15 is 0 Å². The molecule has 0 bridgehead atoms. The first kappa shape index (κ1) is 21.4. The summed E-state index contributed by atoms with van der Waals surface area (Å²) < 4.78 is 18.8. The van der Waals surface area contributed by atoms with Gasteiger partial charge in [-0.05, 0) is 42.0 Å². The molecule has 31 heavy (non-hydrogen) atoms. The van der Waals surface area contributed by atoms with E-state index in [1.54, 1.807) is 24.3 Å². The second-order valence-electron chi connectivity index (χ2n) is 7.37. The SMILES string of the molecule is O=C(/C=C/c1ccc2ccc(Cl)cc2n1)NC[C@@H](c1ccc(F)cc1)N1CCOCC1. The number of nitrogens with one attached hydrogen (secondary N) is 1. The number of hydrogen-bond acceptors (Lipinski definition) is 4. The van der Waals surface area contributed by atoms with Crippen LogP contribution in [0.3, 0.4) is 0 Å². The number of hydrogen-bond donors (Lipinski definition) is 1. The Morgan fingerprint density at radius 1 is 1.16 bits per heavy atom. The van der Waals surface area contributed by atoms with Crippen LogP contribution in [0.4, 0.5) is 4.39 Å². The van der Waals surface area contributed by atoms with Crippen molar-refractivity contribution in [3.63, 3.8) is 0 Å². The Bertz CT molecular complexity index is 1080. The molecule has 1 N–H and O–H groups in total. The molecule has 5 nitrogen and oxygen atoms in total. The van der Waals surface area contributed by atoms with Gasteiger partial charge in [-0.2, -0.15) is 0 Å². The molecule has 7 heteroatoms. The number of fused-ring (bicyclic) bond motifs is 1. The maximum atomic E-state index is 13.4. The van der Waals surface area contributed by atoms with Crippen LogP contribution >= 0.6 is 11.6 Å². The van der Waals surface area contributed by atoms with Crippen molar-refractivity contribution >= 4 is 34.5 Å². The predicted molar refractivity (Wildman–Crippen MR) is 120 cm³/mol. The summed E-state index contributed by atoms with van der Waals surface area (Å²) in [4.78, 5) is 19.2. The Balaban J connectivity index is 1.42. The first-order valence-corrected chi connectivity index (χ1v) is 10.6. The van der Waals surface area contributed by atoms with Crippen LogP contribution in [0.15, 0.2) is 60.7 Å². The lowest BCUT2D eigenvalue weighted by atomic mass is 10.0. The molecule has 160 valence electrons. The molecule has 2 aromatic carbocycles. The predicted octanol–water partition coefficient (Wildman–Crippen LogP) is 4.23. The minimum Gasteiger partial charge on any atom is -0.379 e. The second-order valence-corrected chi connectivity index (χ2v) is 7.80. The van der Waals surface area contributed by atoms with Gasteiger partial charge >= 0.3 is 0 Å². The van der Waals surface area contributed by atoms with Gasteiger partial charge in [0, 0.05) is 36.1 Å². The number of benzene rings is 2. The van der Waals surface area contributed by atoms with E-state index in [0.29, 0.717) is 30.5 Å². The third-order valence-electron chi connectivity index (χ3n) is 5.29. The third-order valence-corrected chi connectivity index (χ3v) is 5.53. The van der Waals surface area contributed by atoms with E-state index in [2.05, 4.69) is 15.2 Å². The molecule has 2 heterocycles. The van der Waals surface area contributed by atoms with Crippen LogP contribution in [0, 0.1) is 5.82 Å². The zero-order chi connectivity index (χ0) is 21.6. The van der Waals surface area contributed by atoms with Gasteiger partial charge in [-0.3, -0.25) is 9.69 Å². The van der Waals surface area contributed by atoms with E-state index in [1.807, 2.05) is 24.3 Å². The average molecular weight is 440 g/mol. The average Bonchev–Trinajstić information content (AvgIpc) is 2.79. The molecule has 1 aliphatic heterocycles. The Kier molecular flexibility index (Phi) is 6.92. The van der Waals surface area contributed by atoms with Crippen molar-refractivity contribution in [2.24, 2.45) is 0 Å². The van der Waals surface area contributed by atoms with E-state index in [9.17, 15) is 9.18 Å². The highest BCUT2D eigenvalue weighted by Crippen LogP contribution is 2.22. The molecule has 0 radical (unpaired) electrons. The van der Waals surface area contributed by atoms with Gasteiger partial charge in [0.25, 0.3) is 0 Å². The molecule has 1 aromatic heterocycles. The summed E-state index contributed by atoms with van der Waals surface area (Å²) in [5, 5.41) is 4.56. The van der Waals surface area contributed by atoms with Crippen LogP contribution in [0.25, 0.3) is 17.0 Å². The zero-order valence-corrected chi connectivity index (χ0v) is 17.7. The minimum atomic E-state index is -0.277. The first-order valence-electron chi connectivity index (χ1n) is 10.2. The van der Waals surface area contributed by atoms with Crippen molar-refractivity contribution < 1.29 is 13.9 Å². The molecule has 0 unspecified atom stereocenters. The Morgan fingerprint density at radius 3 is 2.68 bits per heavy atom. The molecule has 1 atom stereocenters. The summed E-state index contributed by atoms with van der Waals surface area (Å²) in [6, 6.07) is 15.7. The van der Waals surface area contributed by atoms with Crippen molar-refractivity contribution in [3.8, 4) is 0 Å². The summed E-state index contributed by atoms with van der Waals surface area (Å²) in [5.41, 5.74) is 2.41. The molecule has 3 aromatic rings. The number of aromatic nitrogens is 1. The molecule has 1 saturated heterocycles. The van der Waals surface area contributed by atoms with Crippen LogP contribution < -0.4 is 5.32 Å². The monoisotopic (exact) mass is 439 g/mol. The maximum Gasteiger partial charge on any atom is 0.244 e. The Morgan fingerprint density at radius 2 is 1.90 bits per heavy atom. The lowest BCUT2D eigenvalue weighted by molar-refractivity contribution is -0.116. The van der Waals surface area contributed by atoms with E-state index in [1.165, 1.54) is 18.2 Å². The minimum absolute atomic E-state index is 0.0530. The van der Waals surface area contributed by atoms with Gasteiger partial charge < -0.3 is 10.1 Å². The van der Waals surface area contributed by atoms with Gasteiger partial charge in [0.15, 0.2) is 0 Å². The summed E-state index contributed by atoms with van der Waals surface area (Å²) in [6.45, 7) is 3.22. The quantitative estimate of drug-likeness (QED) is 0.584. The van der Waals surface area contributed by atoms with Crippen molar-refractivity contribution in [3.05, 3.63) is 82.8 Å². The summed E-state index contributed by atoms with van der Waals surface area (Å²) in [7, 11) is 0. The number of carbonyl (C=O) groups is 1. The van der Waals surface area contributed by atoms with E-state index in [4.69, 9.17) is 16.3 Å². The van der Waals surface area contributed by atoms with Crippen molar-refractivity contribution in [2.45, 2.75) is 6.04 Å². The Labute approximate surface area is 185 Å². The van der Waals surface area contributed by atoms with Gasteiger partial charge in [-0.15, -0.1) is 0 Å². The largest absolute Gasteiger partial charge is 0.379 e. The maximum absolute atomic E-state index is 13.4. The molecule has 0 aliphatic carbocycles. The Hall–Kier alpha value is -2.80. The first-order chi connectivity index (χ1) is 15.1. The van der Waals surface area contributed by atoms with Crippen molar-refractivity contribution in [1.29, 1.82) is 0 Å². The highest BCUT2D eigenvalue weighted by Gasteiger charge is 2.23. The van der Waals surface area contributed by atoms with Crippen LogP contribution in [0.1, 0.15) is 17.3 Å². The molecule has 1 fully saturated rings. The number of nitrogens with zero attached hydrogens (tertiary/aromatic N) is 2. The molecule has 1 aliphatic rings. The summed E-state index contributed by atoms with van der Waals surface area (Å²) in [5.74, 6) is -0.492. The number of halogens is 2. The van der Waals surface area contributed by atoms with Gasteiger partial charge in [-0.25, -0.2) is 9.37 Å². The van der Waals surface area contributed by atoms with Gasteiger partial charge in [-0.1, -0.05) is 35.9 Å². The molecule has 0 spiro atoms. The van der Waals surface area contributed by atoms with Crippen LogP contribution in [0.2, 0.25) is 5.02 Å². The molecular formula is C24H23ClFN3O2. The highest BCUT2D eigenvalue weighted by molar-refractivity contribution is 6.31. The lowest BCUT2D eigenvalue weighted by Gasteiger charge is -2.34. The lowest BCUT2D eigenvalue weighted by Crippen LogP contribution is -2.43. The molecule has 0 saturated carbocycles. The van der Waals surface area contributed by atoms with E-state index in [0.717, 1.165) is 29.6 Å². The fourth-order valence-electron chi connectivity index (χ4n) is 3.65. The normalized spacial score (nSPS) is 15.9. The molecule has 1 amide bonds. The number of pyridine rings is 1. The number of rotatable bonds is 6. The number of morpholine rings is 1. The standard InChI is InChI=1S/C24H23ClFN3O2/c25-19-5-1-17-4-8-21(28-22(17)15-19)9-10-24(30)27-16-23(29-11-13-31-14-12-29)18-2-6-20(26)7-3-18/h1-10,15,23H,11-14,16H2,(H,27,30)/b10-9+/t23-/m0/s1. The van der Waals surface area contributed by atoms with E-state index < -0.39 is 0 Å². The van der Waals surface area contributed by atoms with Crippen molar-refractivity contribution in [1.82, 2.24) is 15.2 Å². The third kappa shape index (κ3) is 5.67. The molecular weight excluding hydrogens is 417 g/mol. The topological polar surface area (TPSA) is 54.5 Å². The highest BCUT2D eigenvalue weighted by atomic mass is 35.5. The number of amides is 1. The number of ether oxygens (including phenoxy) is 1. The zero-order valence-electron chi connectivity index (χ0n) is 16.9. The smallest absolute Gasteiger partial charge is 0.244 e. The van der Waals surface area contributed by atoms with Gasteiger partial charge in [0.2, 0.25) is 5.91 Å². The number of carbonyl (C=O) groups excluding carboxylic acids is 1. The van der Waals surface area contributed by atoms with Gasteiger partial charge in [0.05, 0.1) is 30.5 Å². The molecule has 4 rings (SSSR count). The second kappa shape index (κ2) is 10.0. The van der Waals surface area contributed by atoms with Crippen LogP contribution in [-0.2, 0) is 9.53 Å². The van der Waals surface area contributed by atoms with Crippen molar-refractivity contribution in [2.75, 3.05) is 32.8 Å². The van der Waals surface area contributed by atoms with Crippen LogP contribution in [-0.4, -0.2) is 48.6 Å². The summed E-state index contributed by atoms with van der Waals surface area (Å²) >= 11 is 6.04. The van der Waals surface area contributed by atoms with Crippen LogP contribution in [0.5, 0.6) is 0 Å². The fourth-order valence-corrected chi connectivity index (χ4v) is 3.81. The van der Waals surface area contributed by atoms with E-state index in [-0.39, 0.29) is 17.8 Å². The fraction of sp³-hybridized carbons (Fsp3) is 0.250.